The number of hydrogen-bond acceptors (Lipinski definition) is 5. The molecule has 0 spiro atoms. The van der Waals surface area contributed by atoms with Crippen LogP contribution >= 0.6 is 38.5 Å². The van der Waals surface area contributed by atoms with Crippen LogP contribution in [-0.4, -0.2) is 21.6 Å². The number of non-ortho nitro benzene ring substituents is 1. The number of nitro benzene ring substituents is 1. The standard InChI is InChI=1S/C22H16BrIN4O4/c1-12-6-15(13(2)27(12)17-4-3-5-18(10-17)28(30)31)11-25-26-22(29)20-8-14-7-16(23)9-19(24)21(14)32-20/h3-11H,1-2H3,(H,26,29)/b25-11-. The van der Waals surface area contributed by atoms with E-state index in [0.717, 1.165) is 30.4 Å². The van der Waals surface area contributed by atoms with Gasteiger partial charge in [0.25, 0.3) is 5.69 Å². The number of amides is 1. The minimum atomic E-state index is -0.461. The van der Waals surface area contributed by atoms with Crippen LogP contribution in [0, 0.1) is 27.5 Å². The van der Waals surface area contributed by atoms with Crippen LogP contribution in [0.4, 0.5) is 5.69 Å². The SMILES string of the molecule is Cc1cc(/C=N\NC(=O)c2cc3cc(Br)cc(I)c3o2)c(C)n1-c1cccc([N+](=O)[O-])c1. The molecule has 0 saturated carbocycles. The fourth-order valence-corrected chi connectivity index (χ4v) is 5.13. The molecule has 2 aromatic carbocycles. The van der Waals surface area contributed by atoms with Crippen molar-refractivity contribution in [1.82, 2.24) is 9.99 Å². The van der Waals surface area contributed by atoms with Crippen molar-refractivity contribution in [1.29, 1.82) is 0 Å². The highest BCUT2D eigenvalue weighted by Gasteiger charge is 2.15. The number of nitro groups is 1. The molecule has 2 heterocycles. The van der Waals surface area contributed by atoms with Crippen molar-refractivity contribution in [3.63, 3.8) is 0 Å². The van der Waals surface area contributed by atoms with Crippen molar-refractivity contribution < 1.29 is 14.1 Å². The van der Waals surface area contributed by atoms with Gasteiger partial charge in [-0.3, -0.25) is 14.9 Å². The predicted octanol–water partition coefficient (Wildman–Crippen LogP) is 5.88. The Morgan fingerprint density at radius 3 is 2.78 bits per heavy atom. The van der Waals surface area contributed by atoms with Crippen LogP contribution in [0.15, 0.2) is 62.5 Å². The van der Waals surface area contributed by atoms with Crippen LogP contribution in [0.2, 0.25) is 0 Å². The van der Waals surface area contributed by atoms with E-state index in [9.17, 15) is 14.9 Å². The molecule has 0 unspecified atom stereocenters. The van der Waals surface area contributed by atoms with Gasteiger partial charge in [0.2, 0.25) is 0 Å². The van der Waals surface area contributed by atoms with E-state index in [1.807, 2.05) is 36.6 Å². The van der Waals surface area contributed by atoms with Crippen LogP contribution in [0.25, 0.3) is 16.7 Å². The third-order valence-corrected chi connectivity index (χ3v) is 6.16. The highest BCUT2D eigenvalue weighted by atomic mass is 127. The fraction of sp³-hybridized carbons (Fsp3) is 0.0909. The Hall–Kier alpha value is -2.99. The van der Waals surface area contributed by atoms with E-state index in [-0.39, 0.29) is 11.4 Å². The van der Waals surface area contributed by atoms with Gasteiger partial charge in [-0.15, -0.1) is 0 Å². The molecule has 10 heteroatoms. The third-order valence-electron chi connectivity index (χ3n) is 4.90. The van der Waals surface area contributed by atoms with Gasteiger partial charge in [-0.2, -0.15) is 5.10 Å². The number of aryl methyl sites for hydroxylation is 1. The molecule has 4 aromatic rings. The zero-order valence-corrected chi connectivity index (χ0v) is 20.7. The van der Waals surface area contributed by atoms with Gasteiger partial charge >= 0.3 is 5.91 Å². The number of nitrogens with zero attached hydrogens (tertiary/aromatic N) is 3. The number of rotatable bonds is 5. The number of hydrazone groups is 1. The van der Waals surface area contributed by atoms with Crippen LogP contribution in [0.1, 0.15) is 27.5 Å². The summed E-state index contributed by atoms with van der Waals surface area (Å²) in [6.07, 6.45) is 1.54. The molecule has 8 nitrogen and oxygen atoms in total. The van der Waals surface area contributed by atoms with Crippen molar-refractivity contribution in [2.45, 2.75) is 13.8 Å². The van der Waals surface area contributed by atoms with E-state index < -0.39 is 10.8 Å². The minimum Gasteiger partial charge on any atom is -0.450 e. The average molecular weight is 607 g/mol. The molecule has 162 valence electrons. The Bertz CT molecular complexity index is 1410. The third kappa shape index (κ3) is 4.32. The molecule has 0 atom stereocenters. The summed E-state index contributed by atoms with van der Waals surface area (Å²) >= 11 is 5.59. The number of hydrogen-bond donors (Lipinski definition) is 1. The number of nitrogens with one attached hydrogen (secondary N) is 1. The molecule has 0 bridgehead atoms. The first kappa shape index (κ1) is 22.2. The van der Waals surface area contributed by atoms with Crippen LogP contribution in [0.5, 0.6) is 0 Å². The Morgan fingerprint density at radius 2 is 2.03 bits per heavy atom. The Balaban J connectivity index is 1.55. The highest BCUT2D eigenvalue weighted by molar-refractivity contribution is 14.1. The number of aromatic nitrogens is 1. The number of carbonyl (C=O) groups excluding carboxylic acids is 1. The molecule has 0 fully saturated rings. The number of furan rings is 1. The Kier molecular flexibility index (Phi) is 6.15. The molecule has 1 amide bonds. The molecule has 0 saturated heterocycles. The van der Waals surface area contributed by atoms with Crippen molar-refractivity contribution >= 4 is 67.3 Å². The van der Waals surface area contributed by atoms with Crippen molar-refractivity contribution in [2.24, 2.45) is 5.10 Å². The van der Waals surface area contributed by atoms with Crippen molar-refractivity contribution in [2.75, 3.05) is 0 Å². The number of benzene rings is 2. The smallest absolute Gasteiger partial charge is 0.307 e. The monoisotopic (exact) mass is 606 g/mol. The maximum atomic E-state index is 12.5. The van der Waals surface area contributed by atoms with Gasteiger partial charge in [-0.25, -0.2) is 5.43 Å². The van der Waals surface area contributed by atoms with E-state index >= 15 is 0 Å². The Labute approximate surface area is 204 Å². The molecule has 0 aliphatic rings. The van der Waals surface area contributed by atoms with E-state index in [1.54, 1.807) is 18.2 Å². The van der Waals surface area contributed by atoms with Crippen LogP contribution < -0.4 is 5.43 Å². The second-order valence-corrected chi connectivity index (χ2v) is 9.13. The van der Waals surface area contributed by atoms with Gasteiger partial charge in [0.05, 0.1) is 20.4 Å². The van der Waals surface area contributed by atoms with E-state index in [1.165, 1.54) is 18.3 Å². The summed E-state index contributed by atoms with van der Waals surface area (Å²) in [4.78, 5) is 23.2. The lowest BCUT2D eigenvalue weighted by Crippen LogP contribution is -2.16. The normalized spacial score (nSPS) is 11.4. The largest absolute Gasteiger partial charge is 0.450 e. The topological polar surface area (TPSA) is 103 Å². The highest BCUT2D eigenvalue weighted by Crippen LogP contribution is 2.28. The fourth-order valence-electron chi connectivity index (χ4n) is 3.46. The predicted molar refractivity (Wildman–Crippen MR) is 134 cm³/mol. The summed E-state index contributed by atoms with van der Waals surface area (Å²) in [5, 5.41) is 16.0. The minimum absolute atomic E-state index is 0.0185. The van der Waals surface area contributed by atoms with Crippen molar-refractivity contribution in [3.05, 3.63) is 89.4 Å². The first-order chi connectivity index (χ1) is 15.2. The zero-order chi connectivity index (χ0) is 23.0. The lowest BCUT2D eigenvalue weighted by Gasteiger charge is -2.09. The zero-order valence-electron chi connectivity index (χ0n) is 16.9. The molecular weight excluding hydrogens is 591 g/mol. The maximum absolute atomic E-state index is 12.5. The molecule has 1 N–H and O–H groups in total. The first-order valence-electron chi connectivity index (χ1n) is 9.40. The summed E-state index contributed by atoms with van der Waals surface area (Å²) in [6.45, 7) is 3.78. The molecule has 32 heavy (non-hydrogen) atoms. The molecular formula is C22H16BrIN4O4. The number of fused-ring (bicyclic) bond motifs is 1. The van der Waals surface area contributed by atoms with Gasteiger partial charge in [-0.05, 0) is 66.8 Å². The van der Waals surface area contributed by atoms with Gasteiger partial charge in [0, 0.05) is 38.9 Å². The summed E-state index contributed by atoms with van der Waals surface area (Å²) in [5.74, 6) is -0.299. The van der Waals surface area contributed by atoms with Gasteiger partial charge in [0.15, 0.2) is 5.76 Å². The first-order valence-corrected chi connectivity index (χ1v) is 11.3. The van der Waals surface area contributed by atoms with Crippen molar-refractivity contribution in [3.8, 4) is 5.69 Å². The average Bonchev–Trinajstić information content (AvgIpc) is 3.29. The molecule has 0 aliphatic heterocycles. The molecule has 0 radical (unpaired) electrons. The molecule has 4 rings (SSSR count). The number of halogens is 2. The van der Waals surface area contributed by atoms with Crippen LogP contribution in [-0.2, 0) is 0 Å². The van der Waals surface area contributed by atoms with Gasteiger partial charge < -0.3 is 8.98 Å². The van der Waals surface area contributed by atoms with Crippen LogP contribution in [0.3, 0.4) is 0 Å². The summed E-state index contributed by atoms with van der Waals surface area (Å²) in [6, 6.07) is 13.8. The van der Waals surface area contributed by atoms with E-state index in [0.29, 0.717) is 11.3 Å². The summed E-state index contributed by atoms with van der Waals surface area (Å²) in [7, 11) is 0. The quantitative estimate of drug-likeness (QED) is 0.133. The van der Waals surface area contributed by atoms with Gasteiger partial charge in [-0.1, -0.05) is 22.0 Å². The Morgan fingerprint density at radius 1 is 1.25 bits per heavy atom. The molecule has 2 aromatic heterocycles. The summed E-state index contributed by atoms with van der Waals surface area (Å²) in [5.41, 5.74) is 6.32. The van der Waals surface area contributed by atoms with E-state index in [4.69, 9.17) is 4.42 Å². The lowest BCUT2D eigenvalue weighted by atomic mass is 10.2. The molecule has 0 aliphatic carbocycles. The summed E-state index contributed by atoms with van der Waals surface area (Å²) < 4.78 is 9.37. The second kappa shape index (κ2) is 8.87. The maximum Gasteiger partial charge on any atom is 0.307 e. The van der Waals surface area contributed by atoms with E-state index in [2.05, 4.69) is 49.0 Å². The second-order valence-electron chi connectivity index (χ2n) is 7.05. The lowest BCUT2D eigenvalue weighted by molar-refractivity contribution is -0.384. The van der Waals surface area contributed by atoms with Gasteiger partial charge in [0.1, 0.15) is 5.58 Å². The number of carbonyl (C=O) groups is 1.